The smallest absolute Gasteiger partial charge is 0.324 e. The van der Waals surface area contributed by atoms with E-state index >= 15 is 0 Å². The van der Waals surface area contributed by atoms with Crippen LogP contribution in [0.4, 0.5) is 5.00 Å². The maximum absolute atomic E-state index is 12.5. The van der Waals surface area contributed by atoms with Crippen LogP contribution in [0.25, 0.3) is 10.2 Å². The van der Waals surface area contributed by atoms with E-state index in [0.29, 0.717) is 23.7 Å². The minimum atomic E-state index is -0.521. The zero-order valence-corrected chi connectivity index (χ0v) is 15.5. The number of fused-ring (bicyclic) bond motifs is 1. The first kappa shape index (κ1) is 18.0. The SMILES string of the molecule is C=CCn1c(=NC(=O)c2ccc([N+](=O)[O-])s2)sc2cccc(OCC)c21. The third kappa shape index (κ3) is 3.44. The Morgan fingerprint density at radius 1 is 1.38 bits per heavy atom. The Labute approximate surface area is 156 Å². The molecule has 7 nitrogen and oxygen atoms in total. The Bertz CT molecular complexity index is 1060. The summed E-state index contributed by atoms with van der Waals surface area (Å²) in [7, 11) is 0. The molecule has 3 rings (SSSR count). The van der Waals surface area contributed by atoms with Crippen molar-refractivity contribution >= 4 is 43.8 Å². The predicted molar refractivity (Wildman–Crippen MR) is 102 cm³/mol. The maximum Gasteiger partial charge on any atom is 0.324 e. The van der Waals surface area contributed by atoms with Gasteiger partial charge in [-0.1, -0.05) is 34.8 Å². The van der Waals surface area contributed by atoms with E-state index in [0.717, 1.165) is 21.6 Å². The minimum absolute atomic E-state index is 0.0857. The number of rotatable bonds is 6. The van der Waals surface area contributed by atoms with E-state index in [1.807, 2.05) is 29.7 Å². The molecule has 0 saturated carbocycles. The van der Waals surface area contributed by atoms with Crippen LogP contribution in [0, 0.1) is 10.1 Å². The lowest BCUT2D eigenvalue weighted by Gasteiger charge is -2.07. The van der Waals surface area contributed by atoms with Crippen LogP contribution >= 0.6 is 22.7 Å². The first-order valence-electron chi connectivity index (χ1n) is 7.74. The van der Waals surface area contributed by atoms with Crippen LogP contribution in [0.1, 0.15) is 16.6 Å². The van der Waals surface area contributed by atoms with E-state index in [2.05, 4.69) is 11.6 Å². The first-order chi connectivity index (χ1) is 12.5. The topological polar surface area (TPSA) is 86.7 Å². The van der Waals surface area contributed by atoms with Gasteiger partial charge in [-0.05, 0) is 25.1 Å². The van der Waals surface area contributed by atoms with E-state index in [1.54, 1.807) is 6.08 Å². The number of nitro groups is 1. The van der Waals surface area contributed by atoms with E-state index < -0.39 is 10.8 Å². The van der Waals surface area contributed by atoms with Crippen molar-refractivity contribution in [3.8, 4) is 5.75 Å². The van der Waals surface area contributed by atoms with E-state index in [-0.39, 0.29) is 9.88 Å². The van der Waals surface area contributed by atoms with Crippen molar-refractivity contribution in [1.82, 2.24) is 4.57 Å². The Kier molecular flexibility index (Phi) is 5.29. The standard InChI is InChI=1S/C17H15N3O4S2/c1-3-10-19-15-11(24-4-2)6-5-7-12(15)26-17(19)18-16(21)13-8-9-14(25-13)20(22)23/h3,5-9H,1,4,10H2,2H3. The summed E-state index contributed by atoms with van der Waals surface area (Å²) in [5.74, 6) is 0.203. The van der Waals surface area contributed by atoms with Crippen molar-refractivity contribution in [2.24, 2.45) is 4.99 Å². The lowest BCUT2D eigenvalue weighted by atomic mass is 10.3. The van der Waals surface area contributed by atoms with Gasteiger partial charge in [-0.3, -0.25) is 14.9 Å². The Morgan fingerprint density at radius 3 is 2.85 bits per heavy atom. The van der Waals surface area contributed by atoms with Gasteiger partial charge in [0.2, 0.25) is 0 Å². The molecule has 0 spiro atoms. The number of benzene rings is 1. The second-order valence-corrected chi connectivity index (χ2v) is 7.20. The third-order valence-corrected chi connectivity index (χ3v) is 5.52. The van der Waals surface area contributed by atoms with Crippen LogP contribution in [0.3, 0.4) is 0 Å². The van der Waals surface area contributed by atoms with E-state index in [1.165, 1.54) is 23.5 Å². The number of para-hydroxylation sites is 1. The highest BCUT2D eigenvalue weighted by molar-refractivity contribution is 7.17. The monoisotopic (exact) mass is 389 g/mol. The second kappa shape index (κ2) is 7.63. The zero-order valence-electron chi connectivity index (χ0n) is 13.9. The second-order valence-electron chi connectivity index (χ2n) is 5.13. The van der Waals surface area contributed by atoms with Crippen LogP contribution in [-0.4, -0.2) is 22.0 Å². The van der Waals surface area contributed by atoms with Gasteiger partial charge in [0.25, 0.3) is 5.91 Å². The summed E-state index contributed by atoms with van der Waals surface area (Å²) in [6.07, 6.45) is 1.72. The van der Waals surface area contributed by atoms with Crippen molar-refractivity contribution in [3.63, 3.8) is 0 Å². The summed E-state index contributed by atoms with van der Waals surface area (Å²) in [5, 5.41) is 10.7. The van der Waals surface area contributed by atoms with Gasteiger partial charge in [0.1, 0.15) is 16.1 Å². The molecular formula is C17H15N3O4S2. The lowest BCUT2D eigenvalue weighted by Crippen LogP contribution is -2.16. The number of thiophene rings is 1. The lowest BCUT2D eigenvalue weighted by molar-refractivity contribution is -0.380. The number of allylic oxidation sites excluding steroid dienone is 1. The molecule has 2 heterocycles. The molecule has 0 aliphatic rings. The molecule has 0 unspecified atom stereocenters. The molecule has 0 fully saturated rings. The molecule has 0 atom stereocenters. The van der Waals surface area contributed by atoms with Crippen LogP contribution in [0.2, 0.25) is 0 Å². The number of carbonyl (C=O) groups excluding carboxylic acids is 1. The fourth-order valence-corrected chi connectivity index (χ4v) is 4.20. The highest BCUT2D eigenvalue weighted by atomic mass is 32.1. The summed E-state index contributed by atoms with van der Waals surface area (Å²) < 4.78 is 8.48. The number of ether oxygens (including phenoxy) is 1. The number of carbonyl (C=O) groups is 1. The van der Waals surface area contributed by atoms with Gasteiger partial charge in [0, 0.05) is 12.6 Å². The molecule has 0 aliphatic carbocycles. The number of nitrogens with zero attached hydrogens (tertiary/aromatic N) is 3. The first-order valence-corrected chi connectivity index (χ1v) is 9.37. The molecule has 3 aromatic rings. The molecule has 0 N–H and O–H groups in total. The van der Waals surface area contributed by atoms with Crippen molar-refractivity contribution < 1.29 is 14.5 Å². The quantitative estimate of drug-likeness (QED) is 0.362. The van der Waals surface area contributed by atoms with E-state index in [9.17, 15) is 14.9 Å². The van der Waals surface area contributed by atoms with Gasteiger partial charge < -0.3 is 9.30 Å². The van der Waals surface area contributed by atoms with Crippen LogP contribution < -0.4 is 9.54 Å². The molecule has 0 radical (unpaired) electrons. The summed E-state index contributed by atoms with van der Waals surface area (Å²) in [4.78, 5) is 27.6. The summed E-state index contributed by atoms with van der Waals surface area (Å²) in [6.45, 7) is 6.65. The number of aromatic nitrogens is 1. The van der Waals surface area contributed by atoms with Crippen LogP contribution in [0.15, 0.2) is 48.0 Å². The average molecular weight is 389 g/mol. The summed E-state index contributed by atoms with van der Waals surface area (Å²) in [5.41, 5.74) is 0.850. The maximum atomic E-state index is 12.5. The van der Waals surface area contributed by atoms with Gasteiger partial charge in [-0.15, -0.1) is 6.58 Å². The van der Waals surface area contributed by atoms with Crippen molar-refractivity contribution in [2.75, 3.05) is 6.61 Å². The molecule has 1 amide bonds. The van der Waals surface area contributed by atoms with Crippen molar-refractivity contribution in [1.29, 1.82) is 0 Å². The number of thiazole rings is 1. The van der Waals surface area contributed by atoms with Crippen molar-refractivity contribution in [3.05, 3.63) is 62.8 Å². The Morgan fingerprint density at radius 2 is 2.19 bits per heavy atom. The molecule has 1 aromatic carbocycles. The van der Waals surface area contributed by atoms with Gasteiger partial charge in [-0.2, -0.15) is 4.99 Å². The number of amides is 1. The van der Waals surface area contributed by atoms with Gasteiger partial charge in [-0.25, -0.2) is 0 Å². The van der Waals surface area contributed by atoms with Crippen LogP contribution in [0.5, 0.6) is 5.75 Å². The highest BCUT2D eigenvalue weighted by Gasteiger charge is 2.16. The third-order valence-electron chi connectivity index (χ3n) is 3.46. The molecule has 26 heavy (non-hydrogen) atoms. The zero-order chi connectivity index (χ0) is 18.7. The average Bonchev–Trinajstić information content (AvgIpc) is 3.22. The van der Waals surface area contributed by atoms with Crippen LogP contribution in [-0.2, 0) is 6.54 Å². The summed E-state index contributed by atoms with van der Waals surface area (Å²) in [6, 6.07) is 8.42. The Balaban J connectivity index is 2.13. The summed E-state index contributed by atoms with van der Waals surface area (Å²) >= 11 is 2.17. The normalized spacial score (nSPS) is 11.7. The van der Waals surface area contributed by atoms with E-state index in [4.69, 9.17) is 4.74 Å². The molecule has 2 aromatic heterocycles. The highest BCUT2D eigenvalue weighted by Crippen LogP contribution is 2.28. The molecule has 9 heteroatoms. The van der Waals surface area contributed by atoms with Crippen molar-refractivity contribution in [2.45, 2.75) is 13.5 Å². The molecule has 0 bridgehead atoms. The molecule has 134 valence electrons. The number of hydrogen-bond acceptors (Lipinski definition) is 6. The van der Waals surface area contributed by atoms with Gasteiger partial charge in [0.05, 0.1) is 16.2 Å². The Hall–Kier alpha value is -2.78. The predicted octanol–water partition coefficient (Wildman–Crippen LogP) is 4.00. The minimum Gasteiger partial charge on any atom is -0.492 e. The molecule has 0 aliphatic heterocycles. The largest absolute Gasteiger partial charge is 0.492 e. The molecule has 0 saturated heterocycles. The van der Waals surface area contributed by atoms with Gasteiger partial charge in [0.15, 0.2) is 4.80 Å². The fourth-order valence-electron chi connectivity index (χ4n) is 2.44. The number of hydrogen-bond donors (Lipinski definition) is 0. The molecular weight excluding hydrogens is 374 g/mol. The fraction of sp³-hybridized carbons (Fsp3) is 0.176. The van der Waals surface area contributed by atoms with Gasteiger partial charge >= 0.3 is 5.00 Å².